The van der Waals surface area contributed by atoms with Crippen molar-refractivity contribution in [2.75, 3.05) is 18.4 Å². The molecule has 2 aromatic rings. The van der Waals surface area contributed by atoms with Gasteiger partial charge in [-0.05, 0) is 30.2 Å². The first kappa shape index (κ1) is 17.0. The summed E-state index contributed by atoms with van der Waals surface area (Å²) in [6, 6.07) is 6.93. The molecule has 6 nitrogen and oxygen atoms in total. The van der Waals surface area contributed by atoms with Crippen LogP contribution in [0.3, 0.4) is 0 Å². The largest absolute Gasteiger partial charge is 0.478 e. The zero-order valence-electron chi connectivity index (χ0n) is 13.6. The molecule has 1 aliphatic heterocycles. The average molecular weight is 342 g/mol. The van der Waals surface area contributed by atoms with Gasteiger partial charge in [0, 0.05) is 31.8 Å². The average Bonchev–Trinajstić information content (AvgIpc) is 3.01. The molecule has 2 heterocycles. The van der Waals surface area contributed by atoms with Crippen LogP contribution in [0.15, 0.2) is 42.7 Å². The van der Waals surface area contributed by atoms with Crippen molar-refractivity contribution in [1.29, 1.82) is 0 Å². The Kier molecular flexibility index (Phi) is 5.35. The highest BCUT2D eigenvalue weighted by molar-refractivity contribution is 5.84. The molecule has 130 valence electrons. The van der Waals surface area contributed by atoms with E-state index in [4.69, 9.17) is 5.11 Å². The number of hydrogen-bond acceptors (Lipinski definition) is 5. The third-order valence-corrected chi connectivity index (χ3v) is 3.99. The Balaban J connectivity index is 1.52. The minimum absolute atomic E-state index is 0.210. The number of aromatic nitrogens is 2. The first-order valence-electron chi connectivity index (χ1n) is 8.05. The molecule has 1 aliphatic rings. The van der Waals surface area contributed by atoms with E-state index in [-0.39, 0.29) is 11.9 Å². The second-order valence-corrected chi connectivity index (χ2v) is 5.99. The summed E-state index contributed by atoms with van der Waals surface area (Å²) >= 11 is 0. The molecule has 2 N–H and O–H groups in total. The van der Waals surface area contributed by atoms with Crippen LogP contribution in [-0.2, 0) is 11.3 Å². The molecule has 1 aromatic carbocycles. The van der Waals surface area contributed by atoms with Crippen LogP contribution in [0.4, 0.5) is 10.2 Å². The lowest BCUT2D eigenvalue weighted by molar-refractivity contribution is -0.131. The molecule has 0 unspecified atom stereocenters. The number of carbonyl (C=O) groups is 1. The first-order chi connectivity index (χ1) is 12.1. The van der Waals surface area contributed by atoms with E-state index in [1.807, 2.05) is 6.07 Å². The zero-order valence-corrected chi connectivity index (χ0v) is 13.6. The van der Waals surface area contributed by atoms with Crippen LogP contribution < -0.4 is 5.32 Å². The van der Waals surface area contributed by atoms with Crippen LogP contribution >= 0.6 is 0 Å². The predicted octanol–water partition coefficient (Wildman–Crippen LogP) is 2.40. The fourth-order valence-corrected chi connectivity index (χ4v) is 2.85. The molecule has 7 heteroatoms. The molecule has 3 rings (SSSR count). The highest BCUT2D eigenvalue weighted by Gasteiger charge is 2.22. The standard InChI is InChI=1S/C18H19FN4O2/c19-14-3-1-2-13(8-14)11-23-7-6-16(12-23)22-17-10-20-15(9-21-17)4-5-18(24)25/h1-5,8-10,16H,6-7,11-12H2,(H,21,22)(H,24,25)/t16-/m1/s1. The van der Waals surface area contributed by atoms with E-state index >= 15 is 0 Å². The van der Waals surface area contributed by atoms with Crippen LogP contribution in [0.2, 0.25) is 0 Å². The van der Waals surface area contributed by atoms with Gasteiger partial charge in [0.1, 0.15) is 11.6 Å². The van der Waals surface area contributed by atoms with Gasteiger partial charge in [-0.2, -0.15) is 0 Å². The van der Waals surface area contributed by atoms with Gasteiger partial charge < -0.3 is 10.4 Å². The number of nitrogens with one attached hydrogen (secondary N) is 1. The topological polar surface area (TPSA) is 78.3 Å². The SMILES string of the molecule is O=C(O)C=Cc1cnc(N[C@@H]2CCN(Cc3cccc(F)c3)C2)cn1. The van der Waals surface area contributed by atoms with Crippen LogP contribution in [0, 0.1) is 5.82 Å². The molecule has 0 amide bonds. The summed E-state index contributed by atoms with van der Waals surface area (Å²) in [6.07, 6.45) is 6.52. The Morgan fingerprint density at radius 1 is 1.40 bits per heavy atom. The summed E-state index contributed by atoms with van der Waals surface area (Å²) in [5.41, 5.74) is 1.46. The third kappa shape index (κ3) is 5.09. The molecule has 0 spiro atoms. The van der Waals surface area contributed by atoms with Crippen molar-refractivity contribution in [3.8, 4) is 0 Å². The molecular formula is C18H19FN4O2. The number of carboxylic acids is 1. The minimum Gasteiger partial charge on any atom is -0.478 e. The number of carboxylic acid groups (broad SMARTS) is 1. The molecule has 1 saturated heterocycles. The number of anilines is 1. The molecule has 25 heavy (non-hydrogen) atoms. The number of halogens is 1. The summed E-state index contributed by atoms with van der Waals surface area (Å²) in [6.45, 7) is 2.50. The maximum absolute atomic E-state index is 13.3. The van der Waals surface area contributed by atoms with E-state index in [1.165, 1.54) is 18.3 Å². The van der Waals surface area contributed by atoms with E-state index in [0.717, 1.165) is 37.7 Å². The van der Waals surface area contributed by atoms with Crippen LogP contribution in [-0.4, -0.2) is 45.1 Å². The Hall–Kier alpha value is -2.80. The van der Waals surface area contributed by atoms with Gasteiger partial charge in [-0.1, -0.05) is 12.1 Å². The van der Waals surface area contributed by atoms with Gasteiger partial charge in [0.2, 0.25) is 0 Å². The van der Waals surface area contributed by atoms with Crippen molar-refractivity contribution < 1.29 is 14.3 Å². The van der Waals surface area contributed by atoms with Crippen molar-refractivity contribution in [3.05, 3.63) is 59.8 Å². The summed E-state index contributed by atoms with van der Waals surface area (Å²) < 4.78 is 13.3. The Morgan fingerprint density at radius 3 is 3.00 bits per heavy atom. The van der Waals surface area contributed by atoms with E-state index in [9.17, 15) is 9.18 Å². The number of rotatable bonds is 6. The molecule has 0 radical (unpaired) electrons. The second-order valence-electron chi connectivity index (χ2n) is 5.99. The summed E-state index contributed by atoms with van der Waals surface area (Å²) in [5, 5.41) is 11.9. The zero-order chi connectivity index (χ0) is 17.6. The molecule has 0 aliphatic carbocycles. The van der Waals surface area contributed by atoms with Crippen LogP contribution in [0.1, 0.15) is 17.7 Å². The van der Waals surface area contributed by atoms with Gasteiger partial charge in [0.25, 0.3) is 0 Å². The van der Waals surface area contributed by atoms with E-state index in [1.54, 1.807) is 18.3 Å². The normalized spacial score (nSPS) is 17.9. The van der Waals surface area contributed by atoms with Gasteiger partial charge in [0.15, 0.2) is 0 Å². The van der Waals surface area contributed by atoms with Crippen LogP contribution in [0.25, 0.3) is 6.08 Å². The molecule has 1 aromatic heterocycles. The quantitative estimate of drug-likeness (QED) is 0.785. The second kappa shape index (κ2) is 7.85. The van der Waals surface area contributed by atoms with Crippen LogP contribution in [0.5, 0.6) is 0 Å². The van der Waals surface area contributed by atoms with Gasteiger partial charge in [-0.25, -0.2) is 14.2 Å². The summed E-state index contributed by atoms with van der Waals surface area (Å²) in [4.78, 5) is 21.2. The van der Waals surface area contributed by atoms with Crippen molar-refractivity contribution in [2.45, 2.75) is 19.0 Å². The Morgan fingerprint density at radius 2 is 2.28 bits per heavy atom. The number of aliphatic carboxylic acids is 1. The molecule has 0 saturated carbocycles. The Labute approximate surface area is 145 Å². The van der Waals surface area contributed by atoms with Crippen molar-refractivity contribution >= 4 is 17.9 Å². The lowest BCUT2D eigenvalue weighted by atomic mass is 10.2. The molecular weight excluding hydrogens is 323 g/mol. The van der Waals surface area contributed by atoms with Gasteiger partial charge in [-0.3, -0.25) is 9.88 Å². The fourth-order valence-electron chi connectivity index (χ4n) is 2.85. The number of likely N-dealkylation sites (tertiary alicyclic amines) is 1. The summed E-state index contributed by atoms with van der Waals surface area (Å²) in [7, 11) is 0. The lowest BCUT2D eigenvalue weighted by Gasteiger charge is -2.17. The first-order valence-corrected chi connectivity index (χ1v) is 8.05. The number of benzene rings is 1. The smallest absolute Gasteiger partial charge is 0.328 e. The van der Waals surface area contributed by atoms with Crippen molar-refractivity contribution in [2.24, 2.45) is 0 Å². The number of hydrogen-bond donors (Lipinski definition) is 2. The molecule has 0 bridgehead atoms. The van der Waals surface area contributed by atoms with E-state index in [2.05, 4.69) is 20.2 Å². The fraction of sp³-hybridized carbons (Fsp3) is 0.278. The highest BCUT2D eigenvalue weighted by atomic mass is 19.1. The Bertz CT molecular complexity index is 764. The predicted molar refractivity (Wildman–Crippen MR) is 92.4 cm³/mol. The van der Waals surface area contributed by atoms with Crippen molar-refractivity contribution in [1.82, 2.24) is 14.9 Å². The highest BCUT2D eigenvalue weighted by Crippen LogP contribution is 2.17. The van der Waals surface area contributed by atoms with Gasteiger partial charge in [0.05, 0.1) is 18.1 Å². The number of nitrogens with zero attached hydrogens (tertiary/aromatic N) is 3. The summed E-state index contributed by atoms with van der Waals surface area (Å²) in [5.74, 6) is -0.572. The maximum atomic E-state index is 13.3. The lowest BCUT2D eigenvalue weighted by Crippen LogP contribution is -2.26. The van der Waals surface area contributed by atoms with Crippen molar-refractivity contribution in [3.63, 3.8) is 0 Å². The van der Waals surface area contributed by atoms with Gasteiger partial charge in [-0.15, -0.1) is 0 Å². The minimum atomic E-state index is -1.02. The monoisotopic (exact) mass is 342 g/mol. The van der Waals surface area contributed by atoms with E-state index < -0.39 is 5.97 Å². The molecule has 1 atom stereocenters. The third-order valence-electron chi connectivity index (χ3n) is 3.99. The van der Waals surface area contributed by atoms with Gasteiger partial charge >= 0.3 is 5.97 Å². The molecule has 1 fully saturated rings. The van der Waals surface area contributed by atoms with E-state index in [0.29, 0.717) is 11.5 Å². The maximum Gasteiger partial charge on any atom is 0.328 e.